The zero-order chi connectivity index (χ0) is 14.2. The topological polar surface area (TPSA) is 17.8 Å². The fourth-order valence-electron chi connectivity index (χ4n) is 2.61. The fourth-order valence-corrected chi connectivity index (χ4v) is 2.95. The van der Waals surface area contributed by atoms with E-state index < -0.39 is 5.82 Å². The average molecular weight is 303 g/mol. The quantitative estimate of drug-likeness (QED) is 0.718. The van der Waals surface area contributed by atoms with E-state index in [2.05, 4.69) is 30.3 Å². The van der Waals surface area contributed by atoms with Gasteiger partial charge in [0, 0.05) is 11.6 Å². The van der Waals surface area contributed by atoms with E-state index >= 15 is 0 Å². The molecular formula is C14H17Cl2FN2. The SMILES string of the molecule is CCCC(C)(C)n1c(CCl)nc2cc(F)c(Cl)cc21. The van der Waals surface area contributed by atoms with E-state index in [-0.39, 0.29) is 10.6 Å². The number of halogens is 3. The molecule has 0 N–H and O–H groups in total. The molecule has 0 spiro atoms. The van der Waals surface area contributed by atoms with Gasteiger partial charge in [-0.1, -0.05) is 24.9 Å². The third-order valence-corrected chi connectivity index (χ3v) is 3.88. The first-order valence-corrected chi connectivity index (χ1v) is 7.24. The largest absolute Gasteiger partial charge is 0.321 e. The van der Waals surface area contributed by atoms with Gasteiger partial charge in [0.25, 0.3) is 0 Å². The third-order valence-electron chi connectivity index (χ3n) is 3.35. The molecule has 2 nitrogen and oxygen atoms in total. The number of nitrogens with zero attached hydrogens (tertiary/aromatic N) is 2. The molecule has 2 aromatic rings. The van der Waals surface area contributed by atoms with Gasteiger partial charge in [-0.2, -0.15) is 0 Å². The normalized spacial score (nSPS) is 12.3. The summed E-state index contributed by atoms with van der Waals surface area (Å²) in [5, 5.41) is 0.113. The minimum Gasteiger partial charge on any atom is -0.321 e. The highest BCUT2D eigenvalue weighted by molar-refractivity contribution is 6.31. The van der Waals surface area contributed by atoms with Crippen molar-refractivity contribution in [3.05, 3.63) is 28.8 Å². The standard InChI is InChI=1S/C14H17Cl2FN2/c1-4-5-14(2,3)19-12-6-9(16)10(17)7-11(12)18-13(19)8-15/h6-7H,4-5,8H2,1-3H3. The molecule has 0 unspecified atom stereocenters. The van der Waals surface area contributed by atoms with Gasteiger partial charge in [0.2, 0.25) is 0 Å². The average Bonchev–Trinajstić information content (AvgIpc) is 2.68. The van der Waals surface area contributed by atoms with Gasteiger partial charge in [-0.15, -0.1) is 11.6 Å². The van der Waals surface area contributed by atoms with E-state index in [1.807, 2.05) is 0 Å². The van der Waals surface area contributed by atoms with E-state index in [4.69, 9.17) is 23.2 Å². The lowest BCUT2D eigenvalue weighted by Crippen LogP contribution is -2.27. The van der Waals surface area contributed by atoms with Crippen molar-refractivity contribution in [2.24, 2.45) is 0 Å². The van der Waals surface area contributed by atoms with Crippen molar-refractivity contribution in [1.82, 2.24) is 9.55 Å². The van der Waals surface area contributed by atoms with Crippen LogP contribution in [-0.2, 0) is 11.4 Å². The van der Waals surface area contributed by atoms with Crippen LogP contribution < -0.4 is 0 Å². The molecule has 0 aliphatic rings. The lowest BCUT2D eigenvalue weighted by Gasteiger charge is -2.29. The molecule has 0 fully saturated rings. The van der Waals surface area contributed by atoms with Crippen LogP contribution in [0.1, 0.15) is 39.4 Å². The number of fused-ring (bicyclic) bond motifs is 1. The van der Waals surface area contributed by atoms with E-state index in [0.29, 0.717) is 11.4 Å². The van der Waals surface area contributed by atoms with Gasteiger partial charge in [-0.3, -0.25) is 0 Å². The molecular weight excluding hydrogens is 286 g/mol. The Hall–Kier alpha value is -0.800. The Labute approximate surface area is 122 Å². The van der Waals surface area contributed by atoms with E-state index in [1.165, 1.54) is 6.07 Å². The van der Waals surface area contributed by atoms with Crippen LogP contribution in [0, 0.1) is 5.82 Å². The van der Waals surface area contributed by atoms with Crippen LogP contribution in [0.15, 0.2) is 12.1 Å². The molecule has 1 heterocycles. The Morgan fingerprint density at radius 1 is 1.37 bits per heavy atom. The van der Waals surface area contributed by atoms with Crippen molar-refractivity contribution in [3.8, 4) is 0 Å². The molecule has 0 saturated carbocycles. The first-order chi connectivity index (χ1) is 8.90. The minimum atomic E-state index is -0.451. The van der Waals surface area contributed by atoms with E-state index in [9.17, 15) is 4.39 Å². The number of hydrogen-bond donors (Lipinski definition) is 0. The summed E-state index contributed by atoms with van der Waals surface area (Å²) in [6.07, 6.45) is 2.03. The van der Waals surface area contributed by atoms with E-state index in [0.717, 1.165) is 24.2 Å². The van der Waals surface area contributed by atoms with Crippen LogP contribution in [0.4, 0.5) is 4.39 Å². The maximum Gasteiger partial charge on any atom is 0.144 e. The van der Waals surface area contributed by atoms with Gasteiger partial charge in [-0.05, 0) is 26.3 Å². The molecule has 0 amide bonds. The Kier molecular flexibility index (Phi) is 4.07. The number of hydrogen-bond acceptors (Lipinski definition) is 1. The molecule has 2 rings (SSSR count). The van der Waals surface area contributed by atoms with Crippen LogP contribution >= 0.6 is 23.2 Å². The summed E-state index contributed by atoms with van der Waals surface area (Å²) in [6, 6.07) is 3.00. The Morgan fingerprint density at radius 2 is 2.05 bits per heavy atom. The van der Waals surface area contributed by atoms with Crippen LogP contribution in [0.25, 0.3) is 11.0 Å². The number of alkyl halides is 1. The first kappa shape index (κ1) is 14.6. The Bertz CT molecular complexity index is 605. The maximum atomic E-state index is 13.5. The Morgan fingerprint density at radius 3 is 2.63 bits per heavy atom. The van der Waals surface area contributed by atoms with Gasteiger partial charge in [0.1, 0.15) is 11.6 Å². The molecule has 1 aromatic heterocycles. The molecule has 0 aliphatic carbocycles. The van der Waals surface area contributed by atoms with Gasteiger partial charge >= 0.3 is 0 Å². The fraction of sp³-hybridized carbons (Fsp3) is 0.500. The second-order valence-corrected chi connectivity index (χ2v) is 5.99. The molecule has 19 heavy (non-hydrogen) atoms. The first-order valence-electron chi connectivity index (χ1n) is 6.33. The second kappa shape index (κ2) is 5.29. The predicted molar refractivity (Wildman–Crippen MR) is 78.5 cm³/mol. The summed E-state index contributed by atoms with van der Waals surface area (Å²) in [4.78, 5) is 4.41. The van der Waals surface area contributed by atoms with Crippen molar-refractivity contribution in [2.45, 2.75) is 45.0 Å². The molecule has 104 valence electrons. The number of rotatable bonds is 4. The Balaban J connectivity index is 2.73. The van der Waals surface area contributed by atoms with Crippen LogP contribution in [0.5, 0.6) is 0 Å². The zero-order valence-electron chi connectivity index (χ0n) is 11.3. The summed E-state index contributed by atoms with van der Waals surface area (Å²) in [5.41, 5.74) is 1.30. The molecule has 0 atom stereocenters. The van der Waals surface area contributed by atoms with Crippen molar-refractivity contribution in [2.75, 3.05) is 0 Å². The van der Waals surface area contributed by atoms with Crippen molar-refractivity contribution in [3.63, 3.8) is 0 Å². The lowest BCUT2D eigenvalue weighted by atomic mass is 9.98. The lowest BCUT2D eigenvalue weighted by molar-refractivity contribution is 0.326. The monoisotopic (exact) mass is 302 g/mol. The van der Waals surface area contributed by atoms with Crippen molar-refractivity contribution < 1.29 is 4.39 Å². The maximum absolute atomic E-state index is 13.5. The number of benzene rings is 1. The van der Waals surface area contributed by atoms with Crippen LogP contribution in [-0.4, -0.2) is 9.55 Å². The van der Waals surface area contributed by atoms with Crippen molar-refractivity contribution in [1.29, 1.82) is 0 Å². The number of imidazole rings is 1. The molecule has 0 aliphatic heterocycles. The van der Waals surface area contributed by atoms with Gasteiger partial charge in [-0.25, -0.2) is 9.37 Å². The molecule has 5 heteroatoms. The predicted octanol–water partition coefficient (Wildman–Crippen LogP) is 5.10. The molecule has 0 saturated heterocycles. The molecule has 1 aromatic carbocycles. The highest BCUT2D eigenvalue weighted by Gasteiger charge is 2.25. The smallest absolute Gasteiger partial charge is 0.144 e. The second-order valence-electron chi connectivity index (χ2n) is 5.31. The minimum absolute atomic E-state index is 0.113. The number of aromatic nitrogens is 2. The molecule has 0 radical (unpaired) electrons. The zero-order valence-corrected chi connectivity index (χ0v) is 12.8. The summed E-state index contributed by atoms with van der Waals surface area (Å²) in [5.74, 6) is 0.589. The molecule has 0 bridgehead atoms. The summed E-state index contributed by atoms with van der Waals surface area (Å²) in [7, 11) is 0. The van der Waals surface area contributed by atoms with Crippen molar-refractivity contribution >= 4 is 34.2 Å². The summed E-state index contributed by atoms with van der Waals surface area (Å²) in [6.45, 7) is 6.39. The van der Waals surface area contributed by atoms with Crippen LogP contribution in [0.3, 0.4) is 0 Å². The highest BCUT2D eigenvalue weighted by atomic mass is 35.5. The van der Waals surface area contributed by atoms with Gasteiger partial charge in [0.15, 0.2) is 0 Å². The van der Waals surface area contributed by atoms with Gasteiger partial charge < -0.3 is 4.57 Å². The highest BCUT2D eigenvalue weighted by Crippen LogP contribution is 2.32. The third kappa shape index (κ3) is 2.59. The summed E-state index contributed by atoms with van der Waals surface area (Å²) < 4.78 is 15.6. The van der Waals surface area contributed by atoms with Gasteiger partial charge in [0.05, 0.1) is 21.9 Å². The van der Waals surface area contributed by atoms with Crippen LogP contribution in [0.2, 0.25) is 5.02 Å². The summed E-state index contributed by atoms with van der Waals surface area (Å²) >= 11 is 11.9. The van der Waals surface area contributed by atoms with E-state index in [1.54, 1.807) is 6.07 Å².